The van der Waals surface area contributed by atoms with Crippen LogP contribution in [-0.4, -0.2) is 63.9 Å². The molecule has 0 atom stereocenters. The van der Waals surface area contributed by atoms with Crippen molar-refractivity contribution in [1.82, 2.24) is 19.9 Å². The zero-order valence-electron chi connectivity index (χ0n) is 18.2. The quantitative estimate of drug-likeness (QED) is 0.555. The fourth-order valence-corrected chi connectivity index (χ4v) is 4.98. The van der Waals surface area contributed by atoms with Gasteiger partial charge >= 0.3 is 0 Å². The van der Waals surface area contributed by atoms with E-state index in [-0.39, 0.29) is 23.7 Å². The van der Waals surface area contributed by atoms with Gasteiger partial charge in [-0.15, -0.1) is 0 Å². The Morgan fingerprint density at radius 2 is 1.82 bits per heavy atom. The molecule has 3 heterocycles. The van der Waals surface area contributed by atoms with Crippen LogP contribution in [0.1, 0.15) is 41.6 Å². The minimum absolute atomic E-state index is 0.0659. The van der Waals surface area contributed by atoms with Crippen LogP contribution in [0.2, 0.25) is 5.02 Å². The molecular weight excluding hydrogens is 442 g/mol. The van der Waals surface area contributed by atoms with Gasteiger partial charge in [0.2, 0.25) is 5.91 Å². The Morgan fingerprint density at radius 1 is 1.06 bits per heavy atom. The van der Waals surface area contributed by atoms with Crippen molar-refractivity contribution in [2.24, 2.45) is 5.92 Å². The van der Waals surface area contributed by atoms with Crippen molar-refractivity contribution < 1.29 is 14.3 Å². The van der Waals surface area contributed by atoms with Crippen molar-refractivity contribution in [3.63, 3.8) is 0 Å². The molecule has 2 aliphatic rings. The van der Waals surface area contributed by atoms with Crippen LogP contribution in [0, 0.1) is 5.92 Å². The second-order valence-corrected chi connectivity index (χ2v) is 8.99. The van der Waals surface area contributed by atoms with E-state index in [1.807, 2.05) is 4.90 Å². The van der Waals surface area contributed by atoms with Gasteiger partial charge in [-0.1, -0.05) is 23.7 Å². The van der Waals surface area contributed by atoms with Gasteiger partial charge in [0.1, 0.15) is 17.8 Å². The number of anilines is 1. The molecule has 0 radical (unpaired) electrons. The summed E-state index contributed by atoms with van der Waals surface area (Å²) in [5.41, 5.74) is 1.52. The maximum atomic E-state index is 13.2. The number of aromatic amines is 1. The van der Waals surface area contributed by atoms with E-state index in [2.05, 4.69) is 20.3 Å². The van der Waals surface area contributed by atoms with Crippen molar-refractivity contribution >= 4 is 40.1 Å². The molecule has 1 saturated carbocycles. The number of nitrogens with zero attached hydrogens (tertiary/aromatic N) is 3. The van der Waals surface area contributed by atoms with Crippen LogP contribution in [0.15, 0.2) is 36.8 Å². The number of H-pyrrole nitrogens is 1. The monoisotopic (exact) mass is 467 g/mol. The Bertz CT molecular complexity index is 1170. The number of nitrogens with one attached hydrogen (secondary N) is 2. The summed E-state index contributed by atoms with van der Waals surface area (Å²) in [5.74, 6) is 0.764. The molecule has 2 N–H and O–H groups in total. The average Bonchev–Trinajstić information content (AvgIpc) is 3.30. The van der Waals surface area contributed by atoms with E-state index in [4.69, 9.17) is 16.3 Å². The molecule has 3 aromatic rings. The lowest BCUT2D eigenvalue weighted by Crippen LogP contribution is -2.45. The van der Waals surface area contributed by atoms with Gasteiger partial charge in [0.15, 0.2) is 5.78 Å². The predicted octanol–water partition coefficient (Wildman–Crippen LogP) is 3.67. The van der Waals surface area contributed by atoms with Crippen molar-refractivity contribution in [1.29, 1.82) is 0 Å². The molecule has 0 bridgehead atoms. The highest BCUT2D eigenvalue weighted by Crippen LogP contribution is 2.32. The average molecular weight is 468 g/mol. The molecular formula is C24H26ClN5O3. The zero-order chi connectivity index (χ0) is 22.8. The fraction of sp³-hybridized carbons (Fsp3) is 0.417. The third-order valence-electron chi connectivity index (χ3n) is 6.57. The Kier molecular flexibility index (Phi) is 6.28. The van der Waals surface area contributed by atoms with E-state index in [9.17, 15) is 9.59 Å². The standard InChI is InChI=1S/C24H26ClN5O3/c25-19-4-2-1-3-17(19)21(31)18-13-26-22-20(18)23(28-14-27-22)29-16-7-5-15(6-8-16)24(32)30-9-11-33-12-10-30/h1-4,13-16H,5-12H2,(H2,26,27,28,29). The minimum atomic E-state index is -0.176. The first-order valence-electron chi connectivity index (χ1n) is 11.4. The van der Waals surface area contributed by atoms with Gasteiger partial charge in [-0.2, -0.15) is 0 Å². The number of halogens is 1. The number of amides is 1. The van der Waals surface area contributed by atoms with Crippen molar-refractivity contribution in [3.8, 4) is 0 Å². The molecule has 2 fully saturated rings. The Balaban J connectivity index is 1.31. The number of aromatic nitrogens is 3. The second kappa shape index (κ2) is 9.49. The van der Waals surface area contributed by atoms with E-state index in [1.165, 1.54) is 6.33 Å². The normalized spacial score (nSPS) is 21.2. The third kappa shape index (κ3) is 4.45. The zero-order valence-corrected chi connectivity index (χ0v) is 19.0. The summed E-state index contributed by atoms with van der Waals surface area (Å²) in [4.78, 5) is 39.8. The highest BCUT2D eigenvalue weighted by Gasteiger charge is 2.31. The molecule has 1 saturated heterocycles. The predicted molar refractivity (Wildman–Crippen MR) is 126 cm³/mol. The van der Waals surface area contributed by atoms with Crippen LogP contribution in [-0.2, 0) is 9.53 Å². The number of hydrogen-bond donors (Lipinski definition) is 2. The Labute approximate surface area is 196 Å². The fourth-order valence-electron chi connectivity index (χ4n) is 4.76. The lowest BCUT2D eigenvalue weighted by atomic mass is 9.85. The molecule has 172 valence electrons. The summed E-state index contributed by atoms with van der Waals surface area (Å²) in [6, 6.07) is 7.18. The van der Waals surface area contributed by atoms with Crippen molar-refractivity contribution in [2.75, 3.05) is 31.6 Å². The number of ether oxygens (including phenoxy) is 1. The van der Waals surface area contributed by atoms with Crippen molar-refractivity contribution in [3.05, 3.63) is 52.9 Å². The third-order valence-corrected chi connectivity index (χ3v) is 6.90. The Hall–Kier alpha value is -2.97. The highest BCUT2D eigenvalue weighted by molar-refractivity contribution is 6.35. The number of carbonyl (C=O) groups excluding carboxylic acids is 2. The number of hydrogen-bond acceptors (Lipinski definition) is 6. The van der Waals surface area contributed by atoms with Gasteiger partial charge in [-0.25, -0.2) is 9.97 Å². The van der Waals surface area contributed by atoms with Crippen LogP contribution >= 0.6 is 11.6 Å². The van der Waals surface area contributed by atoms with E-state index in [1.54, 1.807) is 30.5 Å². The minimum Gasteiger partial charge on any atom is -0.378 e. The van der Waals surface area contributed by atoms with E-state index in [0.717, 1.165) is 25.7 Å². The van der Waals surface area contributed by atoms with Gasteiger partial charge in [0.05, 0.1) is 29.2 Å². The molecule has 1 aliphatic heterocycles. The summed E-state index contributed by atoms with van der Waals surface area (Å²) in [6.45, 7) is 2.62. The van der Waals surface area contributed by atoms with E-state index >= 15 is 0 Å². The first-order valence-corrected chi connectivity index (χ1v) is 11.7. The van der Waals surface area contributed by atoms with Gasteiger partial charge in [0.25, 0.3) is 0 Å². The molecule has 9 heteroatoms. The number of carbonyl (C=O) groups is 2. The van der Waals surface area contributed by atoms with Crippen molar-refractivity contribution in [2.45, 2.75) is 31.7 Å². The van der Waals surface area contributed by atoms with Crippen LogP contribution in [0.25, 0.3) is 11.0 Å². The van der Waals surface area contributed by atoms with E-state index in [0.29, 0.717) is 59.3 Å². The summed E-state index contributed by atoms with van der Waals surface area (Å²) >= 11 is 6.26. The summed E-state index contributed by atoms with van der Waals surface area (Å²) in [6.07, 6.45) is 6.54. The Morgan fingerprint density at radius 3 is 2.58 bits per heavy atom. The van der Waals surface area contributed by atoms with Gasteiger partial charge in [-0.3, -0.25) is 9.59 Å². The lowest BCUT2D eigenvalue weighted by molar-refractivity contribution is -0.140. The van der Waals surface area contributed by atoms with Crippen LogP contribution in [0.5, 0.6) is 0 Å². The topological polar surface area (TPSA) is 100 Å². The summed E-state index contributed by atoms with van der Waals surface area (Å²) in [7, 11) is 0. The number of benzene rings is 1. The molecule has 1 aromatic carbocycles. The molecule has 0 spiro atoms. The summed E-state index contributed by atoms with van der Waals surface area (Å²) < 4.78 is 5.36. The van der Waals surface area contributed by atoms with Crippen LogP contribution < -0.4 is 5.32 Å². The first kappa shape index (κ1) is 21.9. The first-order chi connectivity index (χ1) is 16.1. The van der Waals surface area contributed by atoms with Gasteiger partial charge in [-0.05, 0) is 37.8 Å². The molecule has 1 aliphatic carbocycles. The summed E-state index contributed by atoms with van der Waals surface area (Å²) in [5, 5.41) is 4.58. The van der Waals surface area contributed by atoms with Crippen LogP contribution in [0.4, 0.5) is 5.82 Å². The van der Waals surface area contributed by atoms with Gasteiger partial charge < -0.3 is 19.9 Å². The SMILES string of the molecule is O=C(c1ccccc1Cl)c1c[nH]c2ncnc(NC3CCC(C(=O)N4CCOCC4)CC3)c12. The molecule has 1 amide bonds. The highest BCUT2D eigenvalue weighted by atomic mass is 35.5. The number of morpholine rings is 1. The molecule has 8 nitrogen and oxygen atoms in total. The van der Waals surface area contributed by atoms with E-state index < -0.39 is 0 Å². The molecule has 0 unspecified atom stereocenters. The molecule has 33 heavy (non-hydrogen) atoms. The maximum absolute atomic E-state index is 13.2. The maximum Gasteiger partial charge on any atom is 0.225 e. The number of rotatable bonds is 5. The number of ketones is 1. The van der Waals surface area contributed by atoms with Gasteiger partial charge in [0, 0.05) is 36.8 Å². The molecule has 2 aromatic heterocycles. The largest absolute Gasteiger partial charge is 0.378 e. The number of fused-ring (bicyclic) bond motifs is 1. The lowest BCUT2D eigenvalue weighted by Gasteiger charge is -2.34. The second-order valence-electron chi connectivity index (χ2n) is 8.59. The smallest absolute Gasteiger partial charge is 0.225 e. The molecule has 5 rings (SSSR count). The van der Waals surface area contributed by atoms with Crippen LogP contribution in [0.3, 0.4) is 0 Å².